The molecule has 0 amide bonds. The largest absolute Gasteiger partial charge is 0.395 e. The number of rotatable bonds is 6. The number of aliphatic hydroxyl groups is 2. The van der Waals surface area contributed by atoms with Gasteiger partial charge in [-0.15, -0.1) is 0 Å². The van der Waals surface area contributed by atoms with Crippen LogP contribution >= 0.6 is 34.8 Å². The van der Waals surface area contributed by atoms with Gasteiger partial charge in [0.25, 0.3) is 0 Å². The molecule has 108 valence electrons. The van der Waals surface area contributed by atoms with E-state index in [4.69, 9.17) is 45.0 Å². The fourth-order valence-corrected chi connectivity index (χ4v) is 3.80. The monoisotopic (exact) mass is 347 g/mol. The van der Waals surface area contributed by atoms with Gasteiger partial charge in [-0.1, -0.05) is 34.8 Å². The zero-order valence-corrected chi connectivity index (χ0v) is 12.8. The summed E-state index contributed by atoms with van der Waals surface area (Å²) in [6.07, 6.45) is 0. The highest BCUT2D eigenvalue weighted by molar-refractivity contribution is 7.89. The number of sulfonamides is 1. The molecular weight excluding hydrogens is 337 g/mol. The lowest BCUT2D eigenvalue weighted by Gasteiger charge is -2.21. The molecule has 0 saturated carbocycles. The highest BCUT2D eigenvalue weighted by Crippen LogP contribution is 2.35. The van der Waals surface area contributed by atoms with Crippen LogP contribution in [0.1, 0.15) is 0 Å². The molecule has 1 rings (SSSR count). The van der Waals surface area contributed by atoms with Gasteiger partial charge < -0.3 is 10.2 Å². The van der Waals surface area contributed by atoms with Crippen LogP contribution < -0.4 is 0 Å². The second-order valence-electron chi connectivity index (χ2n) is 3.52. The Bertz CT molecular complexity index is 544. The quantitative estimate of drug-likeness (QED) is 0.766. The molecule has 0 aliphatic heterocycles. The molecule has 0 heterocycles. The third kappa shape index (κ3) is 3.72. The Labute approximate surface area is 126 Å². The van der Waals surface area contributed by atoms with Crippen LogP contribution in [0.2, 0.25) is 15.1 Å². The topological polar surface area (TPSA) is 77.8 Å². The molecule has 19 heavy (non-hydrogen) atoms. The second kappa shape index (κ2) is 7.08. The molecule has 0 aliphatic carbocycles. The zero-order valence-electron chi connectivity index (χ0n) is 9.68. The first-order valence-electron chi connectivity index (χ1n) is 5.21. The van der Waals surface area contributed by atoms with Gasteiger partial charge in [0.15, 0.2) is 0 Å². The standard InChI is InChI=1S/C10H12Cl3NO4S/c11-7-1-2-8(10(13)9(7)12)19(17,18)14(3-5-15)4-6-16/h1-2,15-16H,3-6H2. The minimum absolute atomic E-state index is 0.0580. The van der Waals surface area contributed by atoms with Gasteiger partial charge in [-0.2, -0.15) is 4.31 Å². The summed E-state index contributed by atoms with van der Waals surface area (Å²) in [6.45, 7) is -1.06. The Balaban J connectivity index is 3.29. The summed E-state index contributed by atoms with van der Waals surface area (Å²) < 4.78 is 25.5. The molecule has 0 unspecified atom stereocenters. The molecular formula is C10H12Cl3NO4S. The summed E-state index contributed by atoms with van der Waals surface area (Å²) >= 11 is 17.4. The van der Waals surface area contributed by atoms with Crippen molar-refractivity contribution in [2.75, 3.05) is 26.3 Å². The minimum atomic E-state index is -3.96. The van der Waals surface area contributed by atoms with Gasteiger partial charge in [-0.25, -0.2) is 8.42 Å². The third-order valence-electron chi connectivity index (χ3n) is 2.32. The molecule has 0 bridgehead atoms. The van der Waals surface area contributed by atoms with E-state index in [0.29, 0.717) is 0 Å². The highest BCUT2D eigenvalue weighted by atomic mass is 35.5. The second-order valence-corrected chi connectivity index (χ2v) is 6.59. The van der Waals surface area contributed by atoms with Crippen LogP contribution in [0.25, 0.3) is 0 Å². The van der Waals surface area contributed by atoms with Crippen LogP contribution in [0.4, 0.5) is 0 Å². The number of aliphatic hydroxyl groups excluding tert-OH is 2. The molecule has 0 fully saturated rings. The fourth-order valence-electron chi connectivity index (χ4n) is 1.42. The normalized spacial score (nSPS) is 12.1. The number of benzene rings is 1. The van der Waals surface area contributed by atoms with Gasteiger partial charge >= 0.3 is 0 Å². The summed E-state index contributed by atoms with van der Waals surface area (Å²) in [5.41, 5.74) is 0. The van der Waals surface area contributed by atoms with Crippen molar-refractivity contribution in [3.05, 3.63) is 27.2 Å². The van der Waals surface area contributed by atoms with E-state index in [1.807, 2.05) is 0 Å². The van der Waals surface area contributed by atoms with Crippen molar-refractivity contribution in [2.24, 2.45) is 0 Å². The predicted molar refractivity (Wildman–Crippen MR) is 74.4 cm³/mol. The van der Waals surface area contributed by atoms with Crippen LogP contribution in [0.3, 0.4) is 0 Å². The molecule has 5 nitrogen and oxygen atoms in total. The summed E-state index contributed by atoms with van der Waals surface area (Å²) in [4.78, 5) is -0.217. The van der Waals surface area contributed by atoms with Crippen molar-refractivity contribution in [3.63, 3.8) is 0 Å². The van der Waals surface area contributed by atoms with Crippen LogP contribution in [0.5, 0.6) is 0 Å². The van der Waals surface area contributed by atoms with E-state index in [9.17, 15) is 8.42 Å². The number of halogens is 3. The molecule has 0 aliphatic rings. The average Bonchev–Trinajstić information content (AvgIpc) is 2.35. The fraction of sp³-hybridized carbons (Fsp3) is 0.400. The van der Waals surface area contributed by atoms with Gasteiger partial charge in [0.05, 0.1) is 28.3 Å². The van der Waals surface area contributed by atoms with Gasteiger partial charge in [0.1, 0.15) is 4.90 Å². The van der Waals surface area contributed by atoms with Crippen molar-refractivity contribution in [1.82, 2.24) is 4.31 Å². The Hall–Kier alpha value is -0.0800. The Kier molecular flexibility index (Phi) is 6.32. The Morgan fingerprint density at radius 1 is 1.00 bits per heavy atom. The molecule has 1 aromatic carbocycles. The summed E-state index contributed by atoms with van der Waals surface area (Å²) in [5.74, 6) is 0. The maximum absolute atomic E-state index is 12.3. The smallest absolute Gasteiger partial charge is 0.244 e. The van der Waals surface area contributed by atoms with E-state index in [1.165, 1.54) is 12.1 Å². The summed E-state index contributed by atoms with van der Waals surface area (Å²) in [6, 6.07) is 2.55. The lowest BCUT2D eigenvalue weighted by molar-refractivity contribution is 0.217. The number of hydrogen-bond donors (Lipinski definition) is 2. The van der Waals surface area contributed by atoms with Crippen molar-refractivity contribution in [3.8, 4) is 0 Å². The zero-order chi connectivity index (χ0) is 14.6. The number of hydrogen-bond acceptors (Lipinski definition) is 4. The molecule has 9 heteroatoms. The molecule has 0 radical (unpaired) electrons. The SMILES string of the molecule is O=S(=O)(c1ccc(Cl)c(Cl)c1Cl)N(CCO)CCO. The minimum Gasteiger partial charge on any atom is -0.395 e. The van der Waals surface area contributed by atoms with Crippen molar-refractivity contribution < 1.29 is 18.6 Å². The molecule has 0 aromatic heterocycles. The number of nitrogens with zero attached hydrogens (tertiary/aromatic N) is 1. The van der Waals surface area contributed by atoms with E-state index in [1.54, 1.807) is 0 Å². The van der Waals surface area contributed by atoms with Crippen LogP contribution in [0, 0.1) is 0 Å². The maximum atomic E-state index is 12.3. The molecule has 2 N–H and O–H groups in total. The van der Waals surface area contributed by atoms with E-state index in [-0.39, 0.29) is 46.3 Å². The highest BCUT2D eigenvalue weighted by Gasteiger charge is 2.27. The lowest BCUT2D eigenvalue weighted by atomic mass is 10.4. The summed E-state index contributed by atoms with van der Waals surface area (Å²) in [7, 11) is -3.96. The van der Waals surface area contributed by atoms with Gasteiger partial charge in [-0.3, -0.25) is 0 Å². The van der Waals surface area contributed by atoms with Gasteiger partial charge in [0.2, 0.25) is 10.0 Å². The van der Waals surface area contributed by atoms with E-state index < -0.39 is 10.0 Å². The first-order valence-corrected chi connectivity index (χ1v) is 7.79. The van der Waals surface area contributed by atoms with E-state index in [0.717, 1.165) is 4.31 Å². The Morgan fingerprint density at radius 3 is 2.00 bits per heavy atom. The first kappa shape index (κ1) is 17.0. The van der Waals surface area contributed by atoms with Crippen LogP contribution in [0.15, 0.2) is 17.0 Å². The summed E-state index contributed by atoms with van der Waals surface area (Å²) in [5, 5.41) is 17.6. The molecule has 0 spiro atoms. The average molecular weight is 349 g/mol. The predicted octanol–water partition coefficient (Wildman–Crippen LogP) is 1.62. The molecule has 1 aromatic rings. The molecule has 0 atom stereocenters. The maximum Gasteiger partial charge on any atom is 0.244 e. The van der Waals surface area contributed by atoms with Gasteiger partial charge in [-0.05, 0) is 12.1 Å². The molecule has 0 saturated heterocycles. The van der Waals surface area contributed by atoms with Crippen molar-refractivity contribution in [2.45, 2.75) is 4.90 Å². The van der Waals surface area contributed by atoms with Gasteiger partial charge in [0, 0.05) is 13.1 Å². The van der Waals surface area contributed by atoms with Crippen molar-refractivity contribution >= 4 is 44.8 Å². The lowest BCUT2D eigenvalue weighted by Crippen LogP contribution is -2.36. The van der Waals surface area contributed by atoms with E-state index in [2.05, 4.69) is 0 Å². The van der Waals surface area contributed by atoms with Crippen LogP contribution in [-0.4, -0.2) is 49.2 Å². The third-order valence-corrected chi connectivity index (χ3v) is 5.66. The first-order chi connectivity index (χ1) is 8.86. The van der Waals surface area contributed by atoms with E-state index >= 15 is 0 Å². The van der Waals surface area contributed by atoms with Crippen LogP contribution in [-0.2, 0) is 10.0 Å². The van der Waals surface area contributed by atoms with Crippen molar-refractivity contribution in [1.29, 1.82) is 0 Å². The Morgan fingerprint density at radius 2 is 1.53 bits per heavy atom.